The van der Waals surface area contributed by atoms with Crippen molar-refractivity contribution in [2.45, 2.75) is 38.4 Å². The Bertz CT molecular complexity index is 1350. The first-order valence-corrected chi connectivity index (χ1v) is 14.5. The molecule has 7 nitrogen and oxygen atoms in total. The Hall–Kier alpha value is -3.04. The smallest absolute Gasteiger partial charge is 0.254 e. The molecule has 0 aliphatic carbocycles. The van der Waals surface area contributed by atoms with Crippen molar-refractivity contribution >= 4 is 15.9 Å². The number of aliphatic hydroxyl groups excluding tert-OH is 1. The van der Waals surface area contributed by atoms with Crippen LogP contribution in [0.4, 0.5) is 0 Å². The van der Waals surface area contributed by atoms with Crippen LogP contribution in [0.3, 0.4) is 0 Å². The summed E-state index contributed by atoms with van der Waals surface area (Å²) in [4.78, 5) is 15.6. The second kappa shape index (κ2) is 12.2. The summed E-state index contributed by atoms with van der Waals surface area (Å²) in [5.74, 6) is -0.482. The summed E-state index contributed by atoms with van der Waals surface area (Å²) in [5.41, 5.74) is 3.90. The summed E-state index contributed by atoms with van der Waals surface area (Å²) in [7, 11) is -2.03. The molecule has 8 heteroatoms. The molecule has 1 amide bonds. The Morgan fingerprint density at radius 2 is 1.58 bits per heavy atom. The molecule has 1 aliphatic rings. The Morgan fingerprint density at radius 1 is 0.974 bits per heavy atom. The number of carbonyl (C=O) groups excluding carboxylic acids is 1. The van der Waals surface area contributed by atoms with Gasteiger partial charge in [-0.25, -0.2) is 12.7 Å². The van der Waals surface area contributed by atoms with Gasteiger partial charge >= 0.3 is 0 Å². The van der Waals surface area contributed by atoms with E-state index < -0.39 is 22.2 Å². The van der Waals surface area contributed by atoms with Crippen molar-refractivity contribution in [3.8, 4) is 11.1 Å². The number of benzene rings is 3. The molecule has 3 aromatic rings. The van der Waals surface area contributed by atoms with Crippen LogP contribution >= 0.6 is 0 Å². The molecule has 1 N–H and O–H groups in total. The van der Waals surface area contributed by atoms with Crippen LogP contribution < -0.4 is 0 Å². The van der Waals surface area contributed by atoms with Gasteiger partial charge in [0.15, 0.2) is 0 Å². The molecule has 0 unspecified atom stereocenters. The number of rotatable bonds is 7. The number of nitrogens with zero attached hydrogens (tertiary/aromatic N) is 2. The zero-order valence-electron chi connectivity index (χ0n) is 22.2. The van der Waals surface area contributed by atoms with Gasteiger partial charge in [0.25, 0.3) is 5.91 Å². The maximum absolute atomic E-state index is 13.9. The molecular weight excluding hydrogens is 500 g/mol. The Balaban J connectivity index is 1.69. The molecule has 4 rings (SSSR count). The SMILES string of the molecule is C[C@@H]1CN([C@H](C)CO)C(=O)c2ccccc2-c2ccccc2CO[C@@H]1CN(C)S(=O)(=O)Cc1ccccc1. The van der Waals surface area contributed by atoms with Gasteiger partial charge in [-0.2, -0.15) is 0 Å². The first-order valence-electron chi connectivity index (χ1n) is 12.9. The average molecular weight is 537 g/mol. The molecule has 0 aromatic heterocycles. The zero-order valence-corrected chi connectivity index (χ0v) is 23.0. The molecular formula is C30H36N2O5S. The lowest BCUT2D eigenvalue weighted by Gasteiger charge is -2.35. The van der Waals surface area contributed by atoms with E-state index in [1.165, 1.54) is 4.31 Å². The average Bonchev–Trinajstić information content (AvgIpc) is 2.94. The van der Waals surface area contributed by atoms with Crippen LogP contribution in [0.15, 0.2) is 78.9 Å². The van der Waals surface area contributed by atoms with E-state index in [0.29, 0.717) is 12.1 Å². The van der Waals surface area contributed by atoms with Crippen molar-refractivity contribution in [1.82, 2.24) is 9.21 Å². The molecule has 3 atom stereocenters. The molecule has 3 aromatic carbocycles. The molecule has 1 heterocycles. The van der Waals surface area contributed by atoms with Gasteiger partial charge in [-0.15, -0.1) is 0 Å². The fraction of sp³-hybridized carbons (Fsp3) is 0.367. The number of sulfonamides is 1. The predicted octanol–water partition coefficient (Wildman–Crippen LogP) is 4.17. The standard InChI is InChI=1S/C30H36N2O5S/c1-22-17-32(23(2)19-33)30(34)28-16-10-9-15-27(28)26-14-8-7-13-25(26)20-37-29(22)18-31(3)38(35,36)21-24-11-5-4-6-12-24/h4-16,22-23,29,33H,17-21H2,1-3H3/t22-,23-,29-/m1/s1. The van der Waals surface area contributed by atoms with Gasteiger partial charge in [-0.3, -0.25) is 4.79 Å². The molecule has 0 radical (unpaired) electrons. The van der Waals surface area contributed by atoms with Crippen molar-refractivity contribution < 1.29 is 23.1 Å². The lowest BCUT2D eigenvalue weighted by atomic mass is 9.94. The second-order valence-corrected chi connectivity index (χ2v) is 12.1. The van der Waals surface area contributed by atoms with E-state index in [1.54, 1.807) is 24.1 Å². The van der Waals surface area contributed by atoms with Crippen molar-refractivity contribution in [1.29, 1.82) is 0 Å². The van der Waals surface area contributed by atoms with Crippen molar-refractivity contribution in [2.24, 2.45) is 5.92 Å². The van der Waals surface area contributed by atoms with Crippen molar-refractivity contribution in [3.63, 3.8) is 0 Å². The lowest BCUT2D eigenvalue weighted by molar-refractivity contribution is -0.0146. The van der Waals surface area contributed by atoms with Gasteiger partial charge in [0, 0.05) is 31.6 Å². The Morgan fingerprint density at radius 3 is 2.26 bits per heavy atom. The normalized spacial score (nSPS) is 19.4. The first kappa shape index (κ1) is 28.0. The molecule has 0 bridgehead atoms. The summed E-state index contributed by atoms with van der Waals surface area (Å²) in [5, 5.41) is 9.99. The molecule has 0 spiro atoms. The van der Waals surface area contributed by atoms with Gasteiger partial charge in [0.2, 0.25) is 10.0 Å². The van der Waals surface area contributed by atoms with E-state index in [-0.39, 0.29) is 37.3 Å². The summed E-state index contributed by atoms with van der Waals surface area (Å²) >= 11 is 0. The molecule has 38 heavy (non-hydrogen) atoms. The maximum Gasteiger partial charge on any atom is 0.254 e. The highest BCUT2D eigenvalue weighted by molar-refractivity contribution is 7.88. The first-order chi connectivity index (χ1) is 18.2. The largest absolute Gasteiger partial charge is 0.394 e. The quantitative estimate of drug-likeness (QED) is 0.490. The zero-order chi connectivity index (χ0) is 27.3. The molecule has 0 saturated heterocycles. The van der Waals surface area contributed by atoms with Crippen molar-refractivity contribution in [3.05, 3.63) is 95.6 Å². The minimum absolute atomic E-state index is 0.101. The number of fused-ring (bicyclic) bond motifs is 3. The summed E-state index contributed by atoms with van der Waals surface area (Å²) in [6.45, 7) is 4.31. The number of hydrogen-bond acceptors (Lipinski definition) is 5. The van der Waals surface area contributed by atoms with Crippen LogP contribution in [-0.4, -0.2) is 67.5 Å². The van der Waals surface area contributed by atoms with Crippen LogP contribution in [0.1, 0.15) is 35.3 Å². The van der Waals surface area contributed by atoms with Crippen LogP contribution in [-0.2, 0) is 27.1 Å². The monoisotopic (exact) mass is 536 g/mol. The second-order valence-electron chi connectivity index (χ2n) is 10.0. The van der Waals surface area contributed by atoms with Crippen LogP contribution in [0, 0.1) is 5.92 Å². The van der Waals surface area contributed by atoms with Gasteiger partial charge in [0.1, 0.15) is 0 Å². The molecule has 0 saturated carbocycles. The highest BCUT2D eigenvalue weighted by atomic mass is 32.2. The van der Waals surface area contributed by atoms with Gasteiger partial charge in [0.05, 0.1) is 31.1 Å². The van der Waals surface area contributed by atoms with E-state index >= 15 is 0 Å². The highest BCUT2D eigenvalue weighted by Gasteiger charge is 2.32. The molecule has 0 fully saturated rings. The minimum Gasteiger partial charge on any atom is -0.394 e. The Labute approximate surface area is 225 Å². The van der Waals surface area contributed by atoms with E-state index in [0.717, 1.165) is 22.3 Å². The number of carbonyl (C=O) groups is 1. The predicted molar refractivity (Wildman–Crippen MR) is 149 cm³/mol. The summed E-state index contributed by atoms with van der Waals surface area (Å²) in [6, 6.07) is 24.0. The molecule has 1 aliphatic heterocycles. The lowest BCUT2D eigenvalue weighted by Crippen LogP contribution is -2.47. The fourth-order valence-electron chi connectivity index (χ4n) is 4.81. The maximum atomic E-state index is 13.9. The van der Waals surface area contributed by atoms with E-state index in [2.05, 4.69) is 0 Å². The van der Waals surface area contributed by atoms with Crippen LogP contribution in [0.25, 0.3) is 11.1 Å². The summed E-state index contributed by atoms with van der Waals surface area (Å²) < 4.78 is 34.2. The highest BCUT2D eigenvalue weighted by Crippen LogP contribution is 2.31. The number of hydrogen-bond donors (Lipinski definition) is 1. The van der Waals surface area contributed by atoms with Crippen LogP contribution in [0.2, 0.25) is 0 Å². The van der Waals surface area contributed by atoms with Gasteiger partial charge < -0.3 is 14.7 Å². The van der Waals surface area contributed by atoms with E-state index in [1.807, 2.05) is 80.6 Å². The number of ether oxygens (including phenoxy) is 1. The van der Waals surface area contributed by atoms with Crippen molar-refractivity contribution in [2.75, 3.05) is 26.7 Å². The van der Waals surface area contributed by atoms with Crippen LogP contribution in [0.5, 0.6) is 0 Å². The number of amides is 1. The van der Waals surface area contributed by atoms with E-state index in [9.17, 15) is 18.3 Å². The Kier molecular flexibility index (Phi) is 8.99. The summed E-state index contributed by atoms with van der Waals surface area (Å²) in [6.07, 6.45) is -0.485. The minimum atomic E-state index is -3.60. The topological polar surface area (TPSA) is 87.2 Å². The van der Waals surface area contributed by atoms with Gasteiger partial charge in [-0.1, -0.05) is 79.7 Å². The fourth-order valence-corrected chi connectivity index (χ4v) is 6.02. The van der Waals surface area contributed by atoms with E-state index in [4.69, 9.17) is 4.74 Å². The third kappa shape index (κ3) is 6.32. The third-order valence-corrected chi connectivity index (χ3v) is 9.00. The molecule has 202 valence electrons. The number of aliphatic hydroxyl groups is 1. The van der Waals surface area contributed by atoms with Gasteiger partial charge in [-0.05, 0) is 35.2 Å². The number of likely N-dealkylation sites (N-methyl/N-ethyl adjacent to an activating group) is 1. The third-order valence-electron chi connectivity index (χ3n) is 7.20.